The quantitative estimate of drug-likeness (QED) is 0.196. The summed E-state index contributed by atoms with van der Waals surface area (Å²) in [5.74, 6) is 0. The molecule has 0 radical (unpaired) electrons. The fraction of sp³-hybridized carbons (Fsp3) is 0.143. The molecular weight excluding hydrogens is 352 g/mol. The standard InChI is InChI=1S/C28H20O/c29-14-2-1-3-20-15-21-11-10-18-7-5-16-4-6-17-8-9-19-12-13-22(20)28-26(19)24(17)23(16)25(18)27(21)28/h4-13,15,29H,1-3,14H2. The first-order valence-corrected chi connectivity index (χ1v) is 10.6. The molecule has 0 aliphatic rings. The lowest BCUT2D eigenvalue weighted by atomic mass is 9.81. The lowest BCUT2D eigenvalue weighted by molar-refractivity contribution is 0.284. The topological polar surface area (TPSA) is 20.2 Å². The van der Waals surface area contributed by atoms with E-state index in [1.54, 1.807) is 0 Å². The van der Waals surface area contributed by atoms with Crippen LogP contribution in [0, 0.1) is 0 Å². The number of rotatable bonds is 4. The van der Waals surface area contributed by atoms with Gasteiger partial charge in [0.25, 0.3) is 0 Å². The maximum atomic E-state index is 9.25. The number of hydrogen-bond donors (Lipinski definition) is 1. The van der Waals surface area contributed by atoms with Crippen molar-refractivity contribution in [1.29, 1.82) is 0 Å². The van der Waals surface area contributed by atoms with Gasteiger partial charge in [-0.2, -0.15) is 0 Å². The molecule has 0 bridgehead atoms. The number of benzene rings is 7. The van der Waals surface area contributed by atoms with Crippen molar-refractivity contribution in [2.45, 2.75) is 19.3 Å². The average molecular weight is 372 g/mol. The highest BCUT2D eigenvalue weighted by Crippen LogP contribution is 2.48. The Hall–Kier alpha value is -3.16. The minimum atomic E-state index is 0.269. The van der Waals surface area contributed by atoms with E-state index in [0.29, 0.717) is 0 Å². The van der Waals surface area contributed by atoms with Crippen molar-refractivity contribution in [3.63, 3.8) is 0 Å². The van der Waals surface area contributed by atoms with Gasteiger partial charge in [0, 0.05) is 6.61 Å². The van der Waals surface area contributed by atoms with Crippen LogP contribution in [0.3, 0.4) is 0 Å². The summed E-state index contributed by atoms with van der Waals surface area (Å²) in [6.45, 7) is 0.269. The van der Waals surface area contributed by atoms with Gasteiger partial charge in [-0.25, -0.2) is 0 Å². The molecule has 0 unspecified atom stereocenters. The van der Waals surface area contributed by atoms with E-state index < -0.39 is 0 Å². The van der Waals surface area contributed by atoms with Crippen LogP contribution in [0.2, 0.25) is 0 Å². The molecule has 1 nitrogen and oxygen atoms in total. The van der Waals surface area contributed by atoms with Crippen LogP contribution in [0.5, 0.6) is 0 Å². The smallest absolute Gasteiger partial charge is 0.0431 e. The van der Waals surface area contributed by atoms with Crippen LogP contribution < -0.4 is 0 Å². The summed E-state index contributed by atoms with van der Waals surface area (Å²) in [6.07, 6.45) is 2.89. The average Bonchev–Trinajstić information content (AvgIpc) is 2.77. The molecule has 0 heterocycles. The second kappa shape index (κ2) is 5.46. The molecule has 0 fully saturated rings. The van der Waals surface area contributed by atoms with Crippen molar-refractivity contribution in [3.05, 3.63) is 72.3 Å². The fourth-order valence-corrected chi connectivity index (χ4v) is 5.70. The summed E-state index contributed by atoms with van der Waals surface area (Å²) < 4.78 is 0. The molecule has 0 amide bonds. The summed E-state index contributed by atoms with van der Waals surface area (Å²) >= 11 is 0. The van der Waals surface area contributed by atoms with Crippen LogP contribution in [0.1, 0.15) is 18.4 Å². The summed E-state index contributed by atoms with van der Waals surface area (Å²) in [5.41, 5.74) is 1.41. The first kappa shape index (κ1) is 15.7. The van der Waals surface area contributed by atoms with Crippen molar-refractivity contribution < 1.29 is 5.11 Å². The fourth-order valence-electron chi connectivity index (χ4n) is 5.70. The maximum Gasteiger partial charge on any atom is 0.0431 e. The summed E-state index contributed by atoms with van der Waals surface area (Å²) in [5, 5.41) is 25.8. The Balaban J connectivity index is 1.80. The second-order valence-electron chi connectivity index (χ2n) is 8.46. The van der Waals surface area contributed by atoms with Crippen molar-refractivity contribution in [2.24, 2.45) is 0 Å². The zero-order valence-corrected chi connectivity index (χ0v) is 16.1. The lowest BCUT2D eigenvalue weighted by Gasteiger charge is -2.22. The molecule has 7 aromatic carbocycles. The van der Waals surface area contributed by atoms with Gasteiger partial charge in [0.05, 0.1) is 0 Å². The lowest BCUT2D eigenvalue weighted by Crippen LogP contribution is -1.96. The molecule has 1 heteroatoms. The highest BCUT2D eigenvalue weighted by molar-refractivity contribution is 6.44. The normalized spacial score (nSPS) is 12.9. The molecule has 0 spiro atoms. The molecule has 138 valence electrons. The Morgan fingerprint density at radius 3 is 1.48 bits per heavy atom. The largest absolute Gasteiger partial charge is 0.396 e. The third-order valence-corrected chi connectivity index (χ3v) is 6.94. The van der Waals surface area contributed by atoms with Gasteiger partial charge in [0.1, 0.15) is 0 Å². The van der Waals surface area contributed by atoms with E-state index in [1.165, 1.54) is 70.2 Å². The predicted octanol–water partition coefficient (Wildman–Crippen LogP) is 7.23. The summed E-state index contributed by atoms with van der Waals surface area (Å²) in [7, 11) is 0. The number of aliphatic hydroxyl groups excluding tert-OH is 1. The molecule has 1 N–H and O–H groups in total. The van der Waals surface area contributed by atoms with E-state index in [9.17, 15) is 5.11 Å². The van der Waals surface area contributed by atoms with Crippen LogP contribution >= 0.6 is 0 Å². The Bertz CT molecular complexity index is 1600. The summed E-state index contributed by atoms with van der Waals surface area (Å²) in [6, 6.07) is 25.3. The first-order valence-electron chi connectivity index (χ1n) is 10.6. The second-order valence-corrected chi connectivity index (χ2v) is 8.46. The minimum Gasteiger partial charge on any atom is -0.396 e. The third kappa shape index (κ3) is 1.89. The number of aryl methyl sites for hydroxylation is 1. The van der Waals surface area contributed by atoms with Crippen molar-refractivity contribution in [2.75, 3.05) is 6.61 Å². The Labute approximate surface area is 168 Å². The highest BCUT2D eigenvalue weighted by Gasteiger charge is 2.20. The molecule has 0 saturated heterocycles. The molecule has 0 aliphatic heterocycles. The third-order valence-electron chi connectivity index (χ3n) is 6.94. The van der Waals surface area contributed by atoms with Crippen LogP contribution in [-0.4, -0.2) is 11.7 Å². The van der Waals surface area contributed by atoms with Gasteiger partial charge in [-0.05, 0) is 89.5 Å². The van der Waals surface area contributed by atoms with Gasteiger partial charge in [-0.1, -0.05) is 66.7 Å². The van der Waals surface area contributed by atoms with E-state index in [4.69, 9.17) is 0 Å². The maximum absolute atomic E-state index is 9.25. The van der Waals surface area contributed by atoms with Gasteiger partial charge in [-0.3, -0.25) is 0 Å². The Morgan fingerprint density at radius 2 is 0.931 bits per heavy atom. The molecule has 0 aromatic heterocycles. The zero-order valence-electron chi connectivity index (χ0n) is 16.1. The number of hydrogen-bond acceptors (Lipinski definition) is 1. The molecule has 7 aromatic rings. The van der Waals surface area contributed by atoms with Gasteiger partial charge >= 0.3 is 0 Å². The molecule has 0 aliphatic carbocycles. The van der Waals surface area contributed by atoms with E-state index in [-0.39, 0.29) is 6.61 Å². The van der Waals surface area contributed by atoms with Crippen LogP contribution in [0.25, 0.3) is 64.6 Å². The van der Waals surface area contributed by atoms with E-state index in [2.05, 4.69) is 66.7 Å². The molecule has 0 atom stereocenters. The van der Waals surface area contributed by atoms with Gasteiger partial charge in [0.15, 0.2) is 0 Å². The van der Waals surface area contributed by atoms with Crippen LogP contribution in [-0.2, 0) is 6.42 Å². The molecular formula is C28H20O. The van der Waals surface area contributed by atoms with Crippen molar-refractivity contribution >= 4 is 64.6 Å². The Morgan fingerprint density at radius 1 is 0.483 bits per heavy atom. The monoisotopic (exact) mass is 372 g/mol. The van der Waals surface area contributed by atoms with Gasteiger partial charge in [0.2, 0.25) is 0 Å². The zero-order chi connectivity index (χ0) is 19.1. The van der Waals surface area contributed by atoms with Gasteiger partial charge < -0.3 is 5.11 Å². The highest BCUT2D eigenvalue weighted by atomic mass is 16.2. The van der Waals surface area contributed by atoms with Crippen LogP contribution in [0.4, 0.5) is 0 Å². The first-order chi connectivity index (χ1) is 14.3. The SMILES string of the molecule is OCCCCc1cc2ccc3ccc4ccc5ccc6ccc1c1c6c5c4c3c21. The van der Waals surface area contributed by atoms with E-state index in [0.717, 1.165) is 19.3 Å². The van der Waals surface area contributed by atoms with Crippen molar-refractivity contribution in [3.8, 4) is 0 Å². The molecule has 29 heavy (non-hydrogen) atoms. The van der Waals surface area contributed by atoms with E-state index in [1.807, 2.05) is 0 Å². The summed E-state index contributed by atoms with van der Waals surface area (Å²) in [4.78, 5) is 0. The predicted molar refractivity (Wildman–Crippen MR) is 125 cm³/mol. The minimum absolute atomic E-state index is 0.269. The van der Waals surface area contributed by atoms with E-state index >= 15 is 0 Å². The molecule has 0 saturated carbocycles. The molecule has 7 rings (SSSR count). The van der Waals surface area contributed by atoms with Crippen LogP contribution in [0.15, 0.2) is 66.7 Å². The van der Waals surface area contributed by atoms with Gasteiger partial charge in [-0.15, -0.1) is 0 Å². The van der Waals surface area contributed by atoms with Crippen molar-refractivity contribution in [1.82, 2.24) is 0 Å². The number of unbranched alkanes of at least 4 members (excludes halogenated alkanes) is 1. The number of aliphatic hydroxyl groups is 1. The Kier molecular flexibility index (Phi) is 2.96.